The molecule has 0 aliphatic carbocycles. The van der Waals surface area contributed by atoms with Gasteiger partial charge in [-0.25, -0.2) is 0 Å². The highest BCUT2D eigenvalue weighted by Crippen LogP contribution is 2.34. The molecule has 0 saturated heterocycles. The number of hydrogen-bond donors (Lipinski definition) is 2. The Balaban J connectivity index is 1.76. The summed E-state index contributed by atoms with van der Waals surface area (Å²) in [5.41, 5.74) is 1.55. The highest BCUT2D eigenvalue weighted by molar-refractivity contribution is 5.97. The number of carbonyl (C=O) groups excluding carboxylic acids is 4. The quantitative estimate of drug-likeness (QED) is 0.0401. The summed E-state index contributed by atoms with van der Waals surface area (Å²) in [4.78, 5) is 62.5. The van der Waals surface area contributed by atoms with E-state index >= 15 is 9.59 Å². The molecule has 16 heteroatoms. The van der Waals surface area contributed by atoms with Crippen LogP contribution in [0.25, 0.3) is 0 Å². The van der Waals surface area contributed by atoms with Crippen LogP contribution in [0.1, 0.15) is 302 Å². The van der Waals surface area contributed by atoms with Crippen molar-refractivity contribution in [2.45, 2.75) is 261 Å². The van der Waals surface area contributed by atoms with Crippen LogP contribution in [-0.4, -0.2) is 126 Å². The normalized spacial score (nSPS) is 11.1. The van der Waals surface area contributed by atoms with Crippen LogP contribution >= 0.6 is 0 Å². The van der Waals surface area contributed by atoms with E-state index in [9.17, 15) is 9.59 Å². The fourth-order valence-electron chi connectivity index (χ4n) is 11.2. The molecule has 0 atom stereocenters. The third-order valence-corrected chi connectivity index (χ3v) is 17.4. The summed E-state index contributed by atoms with van der Waals surface area (Å²) in [6, 6.07) is 21.3. The zero-order valence-electron chi connectivity index (χ0n) is 62.2. The molecule has 0 aliphatic heterocycles. The van der Waals surface area contributed by atoms with Gasteiger partial charge in [-0.05, 0) is 124 Å². The van der Waals surface area contributed by atoms with Crippen molar-refractivity contribution < 1.29 is 57.1 Å². The first kappa shape index (κ1) is 83.6. The molecule has 4 aromatic rings. The molecule has 0 fully saturated rings. The summed E-state index contributed by atoms with van der Waals surface area (Å²) >= 11 is 0. The molecule has 4 rings (SSSR count). The number of nitrogens with one attached hydrogen (secondary N) is 2. The van der Waals surface area contributed by atoms with Crippen LogP contribution in [0.3, 0.4) is 0 Å². The van der Waals surface area contributed by atoms with Crippen molar-refractivity contribution in [1.29, 1.82) is 0 Å². The Morgan fingerprint density at radius 1 is 0.255 bits per heavy atom. The van der Waals surface area contributed by atoms with Gasteiger partial charge >= 0.3 is 0 Å². The van der Waals surface area contributed by atoms with E-state index in [-0.39, 0.29) is 62.9 Å². The minimum atomic E-state index is -0.332. The van der Waals surface area contributed by atoms with Gasteiger partial charge in [0.15, 0.2) is 46.0 Å². The van der Waals surface area contributed by atoms with E-state index in [1.165, 1.54) is 0 Å². The van der Waals surface area contributed by atoms with Gasteiger partial charge in [-0.2, -0.15) is 0 Å². The molecule has 2 N–H and O–H groups in total. The van der Waals surface area contributed by atoms with Gasteiger partial charge in [-0.1, -0.05) is 209 Å². The summed E-state index contributed by atoms with van der Waals surface area (Å²) in [7, 11) is 0. The SMILES string of the molecule is CCCCCCOc1ccc(C(=O)NCCN(CCN(CCNC(=O)c2ccc(OCCCCCC)c(OCCCCCC)c2)C(=O)c2ccc(OCCCCCC)c(OCCCCCC)c2)C(=O)c2ccc(OCCCCCC)c(OCCCCCC)c2)cc1OCCCCCC. The molecule has 4 aromatic carbocycles. The molecule has 0 radical (unpaired) electrons. The van der Waals surface area contributed by atoms with Crippen LogP contribution < -0.4 is 48.5 Å². The van der Waals surface area contributed by atoms with E-state index in [1.807, 2.05) is 24.3 Å². The minimum Gasteiger partial charge on any atom is -0.490 e. The fraction of sp³-hybridized carbons (Fsp3) is 0.659. The average molecular weight is 1360 g/mol. The lowest BCUT2D eigenvalue weighted by molar-refractivity contribution is 0.0659. The molecule has 16 nitrogen and oxygen atoms in total. The van der Waals surface area contributed by atoms with Gasteiger partial charge in [-0.3, -0.25) is 19.2 Å². The third kappa shape index (κ3) is 34.3. The van der Waals surface area contributed by atoms with E-state index in [0.29, 0.717) is 121 Å². The van der Waals surface area contributed by atoms with Crippen molar-refractivity contribution in [3.05, 3.63) is 95.1 Å². The van der Waals surface area contributed by atoms with Gasteiger partial charge in [0.05, 0.1) is 52.9 Å². The number of unbranched alkanes of at least 4 members (excludes halogenated alkanes) is 24. The monoisotopic (exact) mass is 1360 g/mol. The molecule has 4 amide bonds. The van der Waals surface area contributed by atoms with Crippen LogP contribution in [-0.2, 0) is 0 Å². The average Bonchev–Trinajstić information content (AvgIpc) is 0.941. The molecule has 0 saturated carbocycles. The predicted molar refractivity (Wildman–Crippen MR) is 399 cm³/mol. The minimum absolute atomic E-state index is 0.0657. The van der Waals surface area contributed by atoms with E-state index in [2.05, 4.69) is 66.0 Å². The van der Waals surface area contributed by atoms with E-state index in [1.54, 1.807) is 58.3 Å². The van der Waals surface area contributed by atoms with E-state index < -0.39 is 0 Å². The highest BCUT2D eigenvalue weighted by Gasteiger charge is 2.25. The Morgan fingerprint density at radius 2 is 0.459 bits per heavy atom. The Labute approximate surface area is 592 Å². The molecule has 98 heavy (non-hydrogen) atoms. The van der Waals surface area contributed by atoms with Crippen molar-refractivity contribution in [2.24, 2.45) is 0 Å². The van der Waals surface area contributed by atoms with E-state index in [0.717, 1.165) is 205 Å². The summed E-state index contributed by atoms with van der Waals surface area (Å²) in [6.45, 7) is 22.0. The topological polar surface area (TPSA) is 173 Å². The second kappa shape index (κ2) is 54.0. The van der Waals surface area contributed by atoms with Crippen LogP contribution in [0.2, 0.25) is 0 Å². The Morgan fingerprint density at radius 3 is 0.684 bits per heavy atom. The Hall–Kier alpha value is -6.84. The van der Waals surface area contributed by atoms with Gasteiger partial charge < -0.3 is 58.3 Å². The molecule has 0 unspecified atom stereocenters. The smallest absolute Gasteiger partial charge is 0.254 e. The van der Waals surface area contributed by atoms with Crippen molar-refractivity contribution >= 4 is 23.6 Å². The zero-order valence-corrected chi connectivity index (χ0v) is 62.2. The third-order valence-electron chi connectivity index (χ3n) is 17.4. The summed E-state index contributed by atoms with van der Waals surface area (Å²) in [6.07, 6.45) is 33.3. The number of ether oxygens (including phenoxy) is 8. The summed E-state index contributed by atoms with van der Waals surface area (Å²) in [5, 5.41) is 6.19. The molecule has 0 heterocycles. The molecule has 0 aliphatic rings. The molecular weight excluding hydrogens is 1230 g/mol. The molecule has 0 spiro atoms. The number of rotatable bonds is 61. The molecular formula is C82H130N4O12. The Kier molecular flexibility index (Phi) is 46.1. The maximum absolute atomic E-state index is 15.3. The van der Waals surface area contributed by atoms with Crippen LogP contribution in [0.4, 0.5) is 0 Å². The van der Waals surface area contributed by atoms with Gasteiger partial charge in [0, 0.05) is 61.5 Å². The maximum atomic E-state index is 15.3. The zero-order chi connectivity index (χ0) is 70.5. The standard InChI is InChI=1S/C82H130N4O12/c1-9-17-25-33-55-91-71-45-41-67(63-75(71)95-59-37-29-21-13-5)79(87)83-49-51-85(81(89)69-43-47-73(93-57-35-27-19-11-3)77(65-69)97-61-39-31-23-15-7)53-54-86(82(90)70-44-48-74(94-58-36-28-20-12-4)78(66-70)98-62-40-32-24-16-8)52-50-84-80(88)68-42-46-72(92-56-34-26-18-10-2)76(64-68)96-60-38-30-22-14-6/h41-48,63-66H,9-40,49-62H2,1-8H3,(H,83,87)(H,84,88). The maximum Gasteiger partial charge on any atom is 0.254 e. The van der Waals surface area contributed by atoms with Crippen molar-refractivity contribution in [3.8, 4) is 46.0 Å². The van der Waals surface area contributed by atoms with Crippen LogP contribution in [0.15, 0.2) is 72.8 Å². The first-order chi connectivity index (χ1) is 48.0. The number of benzene rings is 4. The molecule has 550 valence electrons. The number of hydrogen-bond acceptors (Lipinski definition) is 12. The second-order valence-electron chi connectivity index (χ2n) is 26.0. The number of nitrogens with zero attached hydrogens (tertiary/aromatic N) is 2. The lowest BCUT2D eigenvalue weighted by Crippen LogP contribution is -2.46. The number of amides is 4. The lowest BCUT2D eigenvalue weighted by Gasteiger charge is -2.29. The van der Waals surface area contributed by atoms with Gasteiger partial charge in [0.25, 0.3) is 23.6 Å². The van der Waals surface area contributed by atoms with Crippen LogP contribution in [0, 0.1) is 0 Å². The number of carbonyl (C=O) groups is 4. The van der Waals surface area contributed by atoms with E-state index in [4.69, 9.17) is 37.9 Å². The molecule has 0 bridgehead atoms. The predicted octanol–water partition coefficient (Wildman–Crippen LogP) is 19.8. The second-order valence-corrected chi connectivity index (χ2v) is 26.0. The van der Waals surface area contributed by atoms with Gasteiger partial charge in [0.1, 0.15) is 0 Å². The Bertz CT molecular complexity index is 2590. The first-order valence-electron chi connectivity index (χ1n) is 38.8. The highest BCUT2D eigenvalue weighted by atomic mass is 16.5. The summed E-state index contributed by atoms with van der Waals surface area (Å²) in [5.74, 6) is 3.10. The van der Waals surface area contributed by atoms with Crippen molar-refractivity contribution in [3.63, 3.8) is 0 Å². The largest absolute Gasteiger partial charge is 0.490 e. The van der Waals surface area contributed by atoms with Crippen molar-refractivity contribution in [2.75, 3.05) is 92.1 Å². The van der Waals surface area contributed by atoms with Gasteiger partial charge in [0.2, 0.25) is 0 Å². The molecule has 0 aromatic heterocycles. The van der Waals surface area contributed by atoms with Gasteiger partial charge in [-0.15, -0.1) is 0 Å². The first-order valence-corrected chi connectivity index (χ1v) is 38.8. The van der Waals surface area contributed by atoms with Crippen molar-refractivity contribution in [1.82, 2.24) is 20.4 Å². The lowest BCUT2D eigenvalue weighted by atomic mass is 10.1. The van der Waals surface area contributed by atoms with Crippen LogP contribution in [0.5, 0.6) is 46.0 Å². The fourth-order valence-corrected chi connectivity index (χ4v) is 11.2. The summed E-state index contributed by atoms with van der Waals surface area (Å²) < 4.78 is 50.6.